The van der Waals surface area contributed by atoms with Crippen molar-refractivity contribution < 1.29 is 9.47 Å². The van der Waals surface area contributed by atoms with Gasteiger partial charge < -0.3 is 14.8 Å². The summed E-state index contributed by atoms with van der Waals surface area (Å²) >= 11 is 0. The van der Waals surface area contributed by atoms with E-state index in [0.717, 1.165) is 39.5 Å². The number of hydrogen-bond donors (Lipinski definition) is 1. The predicted molar refractivity (Wildman–Crippen MR) is 193 cm³/mol. The molecule has 0 unspecified atom stereocenters. The molecule has 3 nitrogen and oxygen atoms in total. The van der Waals surface area contributed by atoms with Gasteiger partial charge in [-0.1, -0.05) is 154 Å². The van der Waals surface area contributed by atoms with Gasteiger partial charge in [0.2, 0.25) is 0 Å². The van der Waals surface area contributed by atoms with E-state index in [1.807, 2.05) is 0 Å². The van der Waals surface area contributed by atoms with Crippen molar-refractivity contribution in [1.82, 2.24) is 5.32 Å². The van der Waals surface area contributed by atoms with Crippen LogP contribution in [0.3, 0.4) is 0 Å². The minimum atomic E-state index is 0.819. The van der Waals surface area contributed by atoms with Crippen molar-refractivity contribution in [3.8, 4) is 0 Å². The molecule has 0 saturated carbocycles. The van der Waals surface area contributed by atoms with Crippen LogP contribution in [0.5, 0.6) is 0 Å². The van der Waals surface area contributed by atoms with E-state index >= 15 is 0 Å². The van der Waals surface area contributed by atoms with Gasteiger partial charge in [-0.05, 0) is 64.2 Å². The molecule has 0 atom stereocenters. The average Bonchev–Trinajstić information content (AvgIpc) is 3.02. The van der Waals surface area contributed by atoms with Gasteiger partial charge in [-0.2, -0.15) is 0 Å². The lowest BCUT2D eigenvalue weighted by Crippen LogP contribution is -2.24. The van der Waals surface area contributed by atoms with Crippen LogP contribution in [0.2, 0.25) is 0 Å². The van der Waals surface area contributed by atoms with Gasteiger partial charge in [-0.15, -0.1) is 0 Å². The van der Waals surface area contributed by atoms with Crippen LogP contribution in [-0.2, 0) is 9.47 Å². The summed E-state index contributed by atoms with van der Waals surface area (Å²) in [5.41, 5.74) is 0. The van der Waals surface area contributed by atoms with Crippen molar-refractivity contribution in [3.05, 3.63) is 24.3 Å². The molecule has 0 aromatic carbocycles. The molecule has 0 amide bonds. The van der Waals surface area contributed by atoms with Crippen LogP contribution in [0, 0.1) is 0 Å². The molecule has 0 aromatic rings. The zero-order valence-corrected chi connectivity index (χ0v) is 29.7. The molecule has 0 aliphatic heterocycles. The molecule has 0 aliphatic carbocycles. The van der Waals surface area contributed by atoms with Crippen molar-refractivity contribution in [2.45, 2.75) is 194 Å². The molecule has 1 N–H and O–H groups in total. The molecule has 0 aliphatic rings. The summed E-state index contributed by atoms with van der Waals surface area (Å²) in [6, 6.07) is 0. The summed E-state index contributed by atoms with van der Waals surface area (Å²) in [4.78, 5) is 0. The minimum absolute atomic E-state index is 0.819. The topological polar surface area (TPSA) is 30.5 Å². The molecule has 0 rings (SSSR count). The second-order valence-electron chi connectivity index (χ2n) is 12.9. The zero-order chi connectivity index (χ0) is 31.0. The maximum Gasteiger partial charge on any atom is 0.0590 e. The van der Waals surface area contributed by atoms with Crippen LogP contribution in [0.1, 0.15) is 194 Å². The van der Waals surface area contributed by atoms with Crippen LogP contribution in [0.25, 0.3) is 0 Å². The van der Waals surface area contributed by atoms with Crippen LogP contribution in [-0.4, -0.2) is 39.5 Å². The number of hydrogen-bond acceptors (Lipinski definition) is 3. The van der Waals surface area contributed by atoms with Crippen molar-refractivity contribution in [1.29, 1.82) is 0 Å². The number of unbranched alkanes of at least 4 members (excludes halogenated alkanes) is 24. The molecular formula is C40H79NO2. The van der Waals surface area contributed by atoms with E-state index in [1.165, 1.54) is 180 Å². The standard InChI is InChI=1S/C40H79NO2/c1-3-5-7-9-11-13-15-17-19-21-23-25-27-29-31-33-37-42-39-35-41-36-40-43-38-34-32-30-28-26-24-22-20-18-16-14-12-10-8-6-4-2/h17-20,41H,3-16,21-40H2,1-2H3/b19-17-,20-18-. The van der Waals surface area contributed by atoms with E-state index in [1.54, 1.807) is 0 Å². The Bertz CT molecular complexity index is 487. The molecule has 0 saturated heterocycles. The van der Waals surface area contributed by atoms with Crippen molar-refractivity contribution in [3.63, 3.8) is 0 Å². The van der Waals surface area contributed by atoms with Crippen molar-refractivity contribution >= 4 is 0 Å². The highest BCUT2D eigenvalue weighted by molar-refractivity contribution is 4.82. The maximum absolute atomic E-state index is 5.78. The van der Waals surface area contributed by atoms with Gasteiger partial charge in [0.25, 0.3) is 0 Å². The van der Waals surface area contributed by atoms with E-state index in [0.29, 0.717) is 0 Å². The first-order chi connectivity index (χ1) is 21.4. The lowest BCUT2D eigenvalue weighted by Gasteiger charge is -2.07. The third-order valence-corrected chi connectivity index (χ3v) is 8.45. The monoisotopic (exact) mass is 606 g/mol. The Kier molecular flexibility index (Phi) is 40.7. The normalized spacial score (nSPS) is 12.0. The van der Waals surface area contributed by atoms with E-state index in [-0.39, 0.29) is 0 Å². The Morgan fingerprint density at radius 1 is 0.326 bits per heavy atom. The minimum Gasteiger partial charge on any atom is -0.380 e. The van der Waals surface area contributed by atoms with Crippen LogP contribution in [0.15, 0.2) is 24.3 Å². The molecule has 0 spiro atoms. The van der Waals surface area contributed by atoms with Gasteiger partial charge >= 0.3 is 0 Å². The molecule has 3 heteroatoms. The first-order valence-electron chi connectivity index (χ1n) is 19.6. The smallest absolute Gasteiger partial charge is 0.0590 e. The summed E-state index contributed by atoms with van der Waals surface area (Å²) in [7, 11) is 0. The summed E-state index contributed by atoms with van der Waals surface area (Å²) in [5.74, 6) is 0. The van der Waals surface area contributed by atoms with Gasteiger partial charge in [0.05, 0.1) is 13.2 Å². The number of ether oxygens (including phenoxy) is 2. The zero-order valence-electron chi connectivity index (χ0n) is 29.7. The second-order valence-corrected chi connectivity index (χ2v) is 12.9. The Labute approximate surface area is 271 Å². The Balaban J connectivity index is 3.09. The Morgan fingerprint density at radius 2 is 0.605 bits per heavy atom. The number of allylic oxidation sites excluding steroid dienone is 4. The highest BCUT2D eigenvalue weighted by Gasteiger charge is 1.95. The quantitative estimate of drug-likeness (QED) is 0.0561. The predicted octanol–water partition coefficient (Wildman–Crippen LogP) is 12.7. The summed E-state index contributed by atoms with van der Waals surface area (Å²) < 4.78 is 11.6. The molecule has 0 radical (unpaired) electrons. The summed E-state index contributed by atoms with van der Waals surface area (Å²) in [5, 5.41) is 3.44. The fourth-order valence-electron chi connectivity index (χ4n) is 5.52. The molecule has 0 bridgehead atoms. The lowest BCUT2D eigenvalue weighted by molar-refractivity contribution is 0.117. The molecule has 0 heterocycles. The first-order valence-corrected chi connectivity index (χ1v) is 19.6. The first kappa shape index (κ1) is 42.4. The van der Waals surface area contributed by atoms with E-state index < -0.39 is 0 Å². The largest absolute Gasteiger partial charge is 0.380 e. The van der Waals surface area contributed by atoms with E-state index in [2.05, 4.69) is 43.5 Å². The van der Waals surface area contributed by atoms with Gasteiger partial charge in [-0.3, -0.25) is 0 Å². The number of nitrogens with one attached hydrogen (secondary N) is 1. The third kappa shape index (κ3) is 41.4. The molecular weight excluding hydrogens is 526 g/mol. The van der Waals surface area contributed by atoms with Crippen molar-refractivity contribution in [2.75, 3.05) is 39.5 Å². The second kappa shape index (κ2) is 41.4. The fraction of sp³-hybridized carbons (Fsp3) is 0.900. The third-order valence-electron chi connectivity index (χ3n) is 8.45. The van der Waals surface area contributed by atoms with Crippen LogP contribution >= 0.6 is 0 Å². The van der Waals surface area contributed by atoms with Gasteiger partial charge in [-0.25, -0.2) is 0 Å². The summed E-state index contributed by atoms with van der Waals surface area (Å²) in [6.07, 6.45) is 47.6. The van der Waals surface area contributed by atoms with Gasteiger partial charge in [0.1, 0.15) is 0 Å². The van der Waals surface area contributed by atoms with E-state index in [4.69, 9.17) is 9.47 Å². The fourth-order valence-corrected chi connectivity index (χ4v) is 5.52. The van der Waals surface area contributed by atoms with Gasteiger partial charge in [0, 0.05) is 26.3 Å². The Hall–Kier alpha value is -0.640. The molecule has 256 valence electrons. The lowest BCUT2D eigenvalue weighted by atomic mass is 10.1. The van der Waals surface area contributed by atoms with Crippen LogP contribution < -0.4 is 5.32 Å². The van der Waals surface area contributed by atoms with Gasteiger partial charge in [0.15, 0.2) is 0 Å². The molecule has 0 aromatic heterocycles. The van der Waals surface area contributed by atoms with Crippen LogP contribution in [0.4, 0.5) is 0 Å². The number of rotatable bonds is 38. The maximum atomic E-state index is 5.78. The summed E-state index contributed by atoms with van der Waals surface area (Å²) in [6.45, 7) is 9.91. The van der Waals surface area contributed by atoms with E-state index in [9.17, 15) is 0 Å². The molecule has 0 fully saturated rings. The van der Waals surface area contributed by atoms with Crippen molar-refractivity contribution in [2.24, 2.45) is 0 Å². The average molecular weight is 606 g/mol. The Morgan fingerprint density at radius 3 is 0.930 bits per heavy atom. The molecule has 43 heavy (non-hydrogen) atoms. The SMILES string of the molecule is CCCCCCCC/C=C\CCCCCCCCOCCNCCOCCCCCCCC/C=C\CCCCCCCC. The highest BCUT2D eigenvalue weighted by atomic mass is 16.5. The highest BCUT2D eigenvalue weighted by Crippen LogP contribution is 2.11.